The minimum absolute atomic E-state index is 0.332. The van der Waals surface area contributed by atoms with E-state index >= 15 is 0 Å². The molecule has 1 heterocycles. The number of aryl methyl sites for hydroxylation is 2. The van der Waals surface area contributed by atoms with Crippen molar-refractivity contribution in [3.05, 3.63) is 89.0 Å². The van der Waals surface area contributed by atoms with Crippen molar-refractivity contribution in [1.29, 1.82) is 0 Å². The number of benzene rings is 2. The van der Waals surface area contributed by atoms with Crippen molar-refractivity contribution in [2.45, 2.75) is 30.3 Å². The molecular formula is C20H19ClFN3S. The van der Waals surface area contributed by atoms with Crippen LogP contribution in [0.3, 0.4) is 0 Å². The van der Waals surface area contributed by atoms with Crippen molar-refractivity contribution in [2.24, 2.45) is 0 Å². The van der Waals surface area contributed by atoms with Crippen molar-refractivity contribution in [2.75, 3.05) is 0 Å². The Balaban J connectivity index is 1.70. The quantitative estimate of drug-likeness (QED) is 0.386. The lowest BCUT2D eigenvalue weighted by molar-refractivity contribution is 0.627. The first-order valence-electron chi connectivity index (χ1n) is 8.31. The highest BCUT2D eigenvalue weighted by Gasteiger charge is 2.13. The fourth-order valence-electron chi connectivity index (χ4n) is 2.61. The predicted molar refractivity (Wildman–Crippen MR) is 105 cm³/mol. The molecule has 2 aromatic carbocycles. The van der Waals surface area contributed by atoms with Crippen LogP contribution in [0.4, 0.5) is 4.39 Å². The number of thioether (sulfide) groups is 1. The Hall–Kier alpha value is -2.11. The minimum Gasteiger partial charge on any atom is -0.302 e. The highest BCUT2D eigenvalue weighted by Crippen LogP contribution is 2.27. The van der Waals surface area contributed by atoms with Crippen molar-refractivity contribution in [1.82, 2.24) is 14.8 Å². The van der Waals surface area contributed by atoms with Crippen LogP contribution in [0.2, 0.25) is 5.02 Å². The summed E-state index contributed by atoms with van der Waals surface area (Å²) in [6.45, 7) is 4.48. The number of hydrogen-bond donors (Lipinski definition) is 0. The Bertz CT molecular complexity index is 880. The van der Waals surface area contributed by atoms with E-state index in [1.54, 1.807) is 6.07 Å². The second kappa shape index (κ2) is 9.01. The number of allylic oxidation sites excluding steroid dienone is 1. The fraction of sp³-hybridized carbons (Fsp3) is 0.200. The van der Waals surface area contributed by atoms with Gasteiger partial charge in [-0.15, -0.1) is 16.8 Å². The molecule has 134 valence electrons. The van der Waals surface area contributed by atoms with Crippen LogP contribution in [-0.2, 0) is 25.1 Å². The molecule has 0 unspecified atom stereocenters. The zero-order valence-electron chi connectivity index (χ0n) is 14.2. The zero-order valence-corrected chi connectivity index (χ0v) is 15.8. The van der Waals surface area contributed by atoms with Crippen LogP contribution in [0, 0.1) is 5.82 Å². The second-order valence-corrected chi connectivity index (χ2v) is 7.16. The number of rotatable bonds is 8. The van der Waals surface area contributed by atoms with Gasteiger partial charge in [0.05, 0.1) is 0 Å². The van der Waals surface area contributed by atoms with Crippen LogP contribution in [0.25, 0.3) is 0 Å². The molecule has 3 aromatic rings. The van der Waals surface area contributed by atoms with Gasteiger partial charge in [-0.2, -0.15) is 0 Å². The SMILES string of the molecule is C=CCn1c(CCc2ccccc2)nnc1SCc1ccc(F)cc1Cl. The van der Waals surface area contributed by atoms with E-state index in [1.807, 2.05) is 24.3 Å². The summed E-state index contributed by atoms with van der Waals surface area (Å²) in [5.74, 6) is 1.20. The molecule has 0 aliphatic carbocycles. The van der Waals surface area contributed by atoms with Crippen LogP contribution >= 0.6 is 23.4 Å². The first-order chi connectivity index (χ1) is 12.7. The van der Waals surface area contributed by atoms with E-state index < -0.39 is 0 Å². The molecule has 0 spiro atoms. The summed E-state index contributed by atoms with van der Waals surface area (Å²) in [4.78, 5) is 0. The molecule has 0 bridgehead atoms. The number of aromatic nitrogens is 3. The van der Waals surface area contributed by atoms with Gasteiger partial charge in [-0.05, 0) is 29.7 Å². The van der Waals surface area contributed by atoms with Crippen LogP contribution < -0.4 is 0 Å². The summed E-state index contributed by atoms with van der Waals surface area (Å²) in [5.41, 5.74) is 2.14. The second-order valence-electron chi connectivity index (χ2n) is 5.81. The standard InChI is InChI=1S/C20H19ClFN3S/c1-2-12-25-19(11-8-15-6-4-3-5-7-15)23-24-20(25)26-14-16-9-10-17(22)13-18(16)21/h2-7,9-10,13H,1,8,11-12,14H2. The molecule has 1 aromatic heterocycles. The van der Waals surface area contributed by atoms with Gasteiger partial charge < -0.3 is 4.57 Å². The molecule has 0 atom stereocenters. The van der Waals surface area contributed by atoms with Gasteiger partial charge in [0.1, 0.15) is 11.6 Å². The normalized spacial score (nSPS) is 10.8. The average molecular weight is 388 g/mol. The molecule has 0 amide bonds. The van der Waals surface area contributed by atoms with E-state index in [4.69, 9.17) is 11.6 Å². The number of nitrogens with zero attached hydrogens (tertiary/aromatic N) is 3. The molecule has 0 saturated heterocycles. The molecule has 26 heavy (non-hydrogen) atoms. The van der Waals surface area contributed by atoms with Crippen LogP contribution in [-0.4, -0.2) is 14.8 Å². The van der Waals surface area contributed by atoms with Crippen molar-refractivity contribution in [3.63, 3.8) is 0 Å². The molecule has 6 heteroatoms. The van der Waals surface area contributed by atoms with Gasteiger partial charge in [-0.3, -0.25) is 0 Å². The molecule has 3 nitrogen and oxygen atoms in total. The van der Waals surface area contributed by atoms with Gasteiger partial charge in [0, 0.05) is 23.7 Å². The van der Waals surface area contributed by atoms with Crippen molar-refractivity contribution in [3.8, 4) is 0 Å². The summed E-state index contributed by atoms with van der Waals surface area (Å²) in [5, 5.41) is 9.91. The number of hydrogen-bond acceptors (Lipinski definition) is 3. The number of halogens is 2. The Morgan fingerprint density at radius 2 is 1.92 bits per heavy atom. The van der Waals surface area contributed by atoms with Gasteiger partial charge in [-0.25, -0.2) is 4.39 Å². The van der Waals surface area contributed by atoms with E-state index in [0.717, 1.165) is 29.4 Å². The van der Waals surface area contributed by atoms with Gasteiger partial charge in [0.25, 0.3) is 0 Å². The summed E-state index contributed by atoms with van der Waals surface area (Å²) >= 11 is 7.64. The maximum absolute atomic E-state index is 13.2. The third kappa shape index (κ3) is 4.74. The molecular weight excluding hydrogens is 369 g/mol. The smallest absolute Gasteiger partial charge is 0.191 e. The van der Waals surface area contributed by atoms with Crippen LogP contribution in [0.1, 0.15) is 17.0 Å². The summed E-state index contributed by atoms with van der Waals surface area (Å²) in [7, 11) is 0. The fourth-order valence-corrected chi connectivity index (χ4v) is 3.89. The van der Waals surface area contributed by atoms with E-state index in [0.29, 0.717) is 17.3 Å². The maximum atomic E-state index is 13.2. The molecule has 0 radical (unpaired) electrons. The lowest BCUT2D eigenvalue weighted by atomic mass is 10.1. The molecule has 0 saturated carbocycles. The Morgan fingerprint density at radius 1 is 1.12 bits per heavy atom. The highest BCUT2D eigenvalue weighted by molar-refractivity contribution is 7.98. The summed E-state index contributed by atoms with van der Waals surface area (Å²) in [6, 6.07) is 14.8. The lowest BCUT2D eigenvalue weighted by Crippen LogP contribution is -2.05. The molecule has 3 rings (SSSR count). The maximum Gasteiger partial charge on any atom is 0.191 e. The lowest BCUT2D eigenvalue weighted by Gasteiger charge is -2.08. The largest absolute Gasteiger partial charge is 0.302 e. The van der Waals surface area contributed by atoms with E-state index in [9.17, 15) is 4.39 Å². The van der Waals surface area contributed by atoms with Crippen LogP contribution in [0.15, 0.2) is 66.3 Å². The van der Waals surface area contributed by atoms with Crippen molar-refractivity contribution >= 4 is 23.4 Å². The summed E-state index contributed by atoms with van der Waals surface area (Å²) < 4.78 is 15.2. The van der Waals surface area contributed by atoms with Gasteiger partial charge in [0.2, 0.25) is 0 Å². The first-order valence-corrected chi connectivity index (χ1v) is 9.67. The molecule has 0 aliphatic rings. The van der Waals surface area contributed by atoms with Crippen molar-refractivity contribution < 1.29 is 4.39 Å². The van der Waals surface area contributed by atoms with E-state index in [1.165, 1.54) is 29.5 Å². The topological polar surface area (TPSA) is 30.7 Å². The molecule has 0 fully saturated rings. The van der Waals surface area contributed by atoms with Gasteiger partial charge in [-0.1, -0.05) is 65.8 Å². The third-order valence-electron chi connectivity index (χ3n) is 3.96. The van der Waals surface area contributed by atoms with Gasteiger partial charge in [0.15, 0.2) is 5.16 Å². The Kier molecular flexibility index (Phi) is 6.47. The van der Waals surface area contributed by atoms with E-state index in [2.05, 4.69) is 33.5 Å². The molecule has 0 aliphatic heterocycles. The first kappa shape index (κ1) is 18.7. The third-order valence-corrected chi connectivity index (χ3v) is 5.32. The highest BCUT2D eigenvalue weighted by atomic mass is 35.5. The van der Waals surface area contributed by atoms with Gasteiger partial charge >= 0.3 is 0 Å². The monoisotopic (exact) mass is 387 g/mol. The average Bonchev–Trinajstić information content (AvgIpc) is 3.02. The predicted octanol–water partition coefficient (Wildman–Crippen LogP) is 5.33. The Labute approximate surface area is 161 Å². The summed E-state index contributed by atoms with van der Waals surface area (Å²) in [6.07, 6.45) is 3.55. The molecule has 0 N–H and O–H groups in total. The zero-order chi connectivity index (χ0) is 18.4. The van der Waals surface area contributed by atoms with E-state index in [-0.39, 0.29) is 5.82 Å². The Morgan fingerprint density at radius 3 is 2.65 bits per heavy atom. The van der Waals surface area contributed by atoms with Crippen LogP contribution in [0.5, 0.6) is 0 Å². The minimum atomic E-state index is -0.332.